The zero-order valence-corrected chi connectivity index (χ0v) is 18.5. The topological polar surface area (TPSA) is 78.5 Å². The van der Waals surface area contributed by atoms with Crippen molar-refractivity contribution in [3.8, 4) is 0 Å². The predicted octanol–water partition coefficient (Wildman–Crippen LogP) is 4.39. The van der Waals surface area contributed by atoms with Crippen molar-refractivity contribution in [2.75, 3.05) is 18.4 Å². The molecule has 2 N–H and O–H groups in total. The molecule has 0 aliphatic carbocycles. The number of rotatable bonds is 9. The maximum Gasteiger partial charge on any atom is 0.253 e. The number of nitrogens with zero attached hydrogens (tertiary/aromatic N) is 1. The molecule has 6 nitrogen and oxygen atoms in total. The van der Waals surface area contributed by atoms with Gasteiger partial charge in [0.15, 0.2) is 0 Å². The Balaban J connectivity index is 1.66. The van der Waals surface area contributed by atoms with Gasteiger partial charge in [0.2, 0.25) is 10.0 Å². The Labute approximate surface area is 184 Å². The molecule has 0 bridgehead atoms. The Kier molecular flexibility index (Phi) is 7.44. The Morgan fingerprint density at radius 1 is 0.839 bits per heavy atom. The molecule has 3 rings (SSSR count). The van der Waals surface area contributed by atoms with Crippen molar-refractivity contribution >= 4 is 27.3 Å². The van der Waals surface area contributed by atoms with Crippen LogP contribution in [0.1, 0.15) is 29.8 Å². The van der Waals surface area contributed by atoms with E-state index < -0.39 is 10.0 Å². The lowest BCUT2D eigenvalue weighted by molar-refractivity contribution is 0.0773. The van der Waals surface area contributed by atoms with Gasteiger partial charge in [0.1, 0.15) is 0 Å². The summed E-state index contributed by atoms with van der Waals surface area (Å²) in [5, 5.41) is 3.22. The predicted molar refractivity (Wildman–Crippen MR) is 124 cm³/mol. The maximum absolute atomic E-state index is 12.7. The number of anilines is 2. The largest absolute Gasteiger partial charge is 0.356 e. The van der Waals surface area contributed by atoms with Crippen LogP contribution in [0.5, 0.6) is 0 Å². The molecule has 3 aromatic carbocycles. The highest BCUT2D eigenvalue weighted by molar-refractivity contribution is 7.89. The van der Waals surface area contributed by atoms with Crippen molar-refractivity contribution in [2.45, 2.75) is 25.3 Å². The Morgan fingerprint density at radius 2 is 1.48 bits per heavy atom. The van der Waals surface area contributed by atoms with Crippen molar-refractivity contribution in [3.63, 3.8) is 0 Å². The molecule has 0 heterocycles. The number of para-hydroxylation sites is 1. The van der Waals surface area contributed by atoms with E-state index in [1.807, 2.05) is 44.2 Å². The Morgan fingerprint density at radius 3 is 2.13 bits per heavy atom. The fourth-order valence-corrected chi connectivity index (χ4v) is 4.19. The zero-order chi connectivity index (χ0) is 22.3. The molecule has 0 fully saturated rings. The van der Waals surface area contributed by atoms with Crippen LogP contribution in [0.15, 0.2) is 83.8 Å². The zero-order valence-electron chi connectivity index (χ0n) is 17.7. The van der Waals surface area contributed by atoms with Crippen molar-refractivity contribution in [1.29, 1.82) is 0 Å². The van der Waals surface area contributed by atoms with E-state index in [2.05, 4.69) is 10.0 Å². The summed E-state index contributed by atoms with van der Waals surface area (Å²) in [4.78, 5) is 14.4. The summed E-state index contributed by atoms with van der Waals surface area (Å²) in [6, 6.07) is 23.3. The van der Waals surface area contributed by atoms with Crippen LogP contribution in [0.2, 0.25) is 0 Å². The third-order valence-electron chi connectivity index (χ3n) is 4.92. The highest BCUT2D eigenvalue weighted by Gasteiger charge is 2.15. The van der Waals surface area contributed by atoms with Gasteiger partial charge in [-0.2, -0.15) is 0 Å². The third kappa shape index (κ3) is 5.93. The van der Waals surface area contributed by atoms with Crippen LogP contribution in [-0.2, 0) is 16.6 Å². The second-order valence-corrected chi connectivity index (χ2v) is 8.78. The lowest BCUT2D eigenvalue weighted by atomic mass is 10.1. The lowest BCUT2D eigenvalue weighted by Crippen LogP contribution is -2.30. The molecule has 0 aliphatic heterocycles. The first-order valence-corrected chi connectivity index (χ1v) is 11.7. The Bertz CT molecular complexity index is 1110. The molecule has 31 heavy (non-hydrogen) atoms. The van der Waals surface area contributed by atoms with Crippen LogP contribution in [0.25, 0.3) is 0 Å². The Hall–Kier alpha value is -3.16. The molecule has 1 amide bonds. The van der Waals surface area contributed by atoms with Crippen LogP contribution < -0.4 is 10.0 Å². The van der Waals surface area contributed by atoms with Gasteiger partial charge < -0.3 is 10.2 Å². The van der Waals surface area contributed by atoms with Crippen LogP contribution in [-0.4, -0.2) is 32.3 Å². The van der Waals surface area contributed by atoms with Crippen molar-refractivity contribution in [1.82, 2.24) is 9.62 Å². The molecule has 0 aromatic heterocycles. The molecule has 0 unspecified atom stereocenters. The molecule has 162 valence electrons. The van der Waals surface area contributed by atoms with Gasteiger partial charge in [0, 0.05) is 36.6 Å². The molecule has 0 aliphatic rings. The standard InChI is InChI=1S/C24H27N3O3S/c1-3-27(4-2)24(28)20-10-8-9-19(17-20)18-25-31(29,30)23-15-13-22(14-16-23)26-21-11-6-5-7-12-21/h5-17,25-26H,3-4,18H2,1-2H3. The molecule has 0 atom stereocenters. The summed E-state index contributed by atoms with van der Waals surface area (Å²) < 4.78 is 28.0. The third-order valence-corrected chi connectivity index (χ3v) is 6.34. The summed E-state index contributed by atoms with van der Waals surface area (Å²) in [6.45, 7) is 5.22. The molecule has 0 saturated carbocycles. The normalized spacial score (nSPS) is 11.2. The van der Waals surface area contributed by atoms with E-state index >= 15 is 0 Å². The number of benzene rings is 3. The molecular formula is C24H27N3O3S. The van der Waals surface area contributed by atoms with Gasteiger partial charge in [-0.3, -0.25) is 4.79 Å². The van der Waals surface area contributed by atoms with E-state index in [1.165, 1.54) is 0 Å². The fourth-order valence-electron chi connectivity index (χ4n) is 3.17. The SMILES string of the molecule is CCN(CC)C(=O)c1cccc(CNS(=O)(=O)c2ccc(Nc3ccccc3)cc2)c1. The highest BCUT2D eigenvalue weighted by atomic mass is 32.2. The van der Waals surface area contributed by atoms with Crippen molar-refractivity contribution < 1.29 is 13.2 Å². The smallest absolute Gasteiger partial charge is 0.253 e. The molecule has 0 radical (unpaired) electrons. The van der Waals surface area contributed by atoms with Gasteiger partial charge in [-0.1, -0.05) is 30.3 Å². The number of hydrogen-bond acceptors (Lipinski definition) is 4. The number of nitrogens with one attached hydrogen (secondary N) is 2. The van der Waals surface area contributed by atoms with Gasteiger partial charge in [-0.15, -0.1) is 0 Å². The second kappa shape index (κ2) is 10.2. The summed E-state index contributed by atoms with van der Waals surface area (Å²) in [5.41, 5.74) is 3.00. The van der Waals surface area contributed by atoms with E-state index in [1.54, 1.807) is 53.4 Å². The minimum absolute atomic E-state index is 0.0591. The molecule has 3 aromatic rings. The van der Waals surface area contributed by atoms with E-state index in [9.17, 15) is 13.2 Å². The first kappa shape index (κ1) is 22.5. The van der Waals surface area contributed by atoms with Crippen LogP contribution in [0.3, 0.4) is 0 Å². The van der Waals surface area contributed by atoms with E-state index in [0.717, 1.165) is 16.9 Å². The number of sulfonamides is 1. The first-order chi connectivity index (χ1) is 14.9. The quantitative estimate of drug-likeness (QED) is 0.520. The minimum atomic E-state index is -3.68. The minimum Gasteiger partial charge on any atom is -0.356 e. The lowest BCUT2D eigenvalue weighted by Gasteiger charge is -2.19. The van der Waals surface area contributed by atoms with Crippen LogP contribution >= 0.6 is 0 Å². The van der Waals surface area contributed by atoms with Crippen molar-refractivity contribution in [3.05, 3.63) is 90.0 Å². The molecule has 0 saturated heterocycles. The van der Waals surface area contributed by atoms with E-state index in [-0.39, 0.29) is 17.3 Å². The van der Waals surface area contributed by atoms with Gasteiger partial charge in [0.05, 0.1) is 4.90 Å². The summed E-state index contributed by atoms with van der Waals surface area (Å²) in [5.74, 6) is -0.0591. The van der Waals surface area contributed by atoms with E-state index in [4.69, 9.17) is 0 Å². The number of hydrogen-bond donors (Lipinski definition) is 2. The van der Waals surface area contributed by atoms with Gasteiger partial charge in [-0.25, -0.2) is 13.1 Å². The second-order valence-electron chi connectivity index (χ2n) is 7.02. The fraction of sp³-hybridized carbons (Fsp3) is 0.208. The number of amides is 1. The van der Waals surface area contributed by atoms with E-state index in [0.29, 0.717) is 18.7 Å². The maximum atomic E-state index is 12.7. The van der Waals surface area contributed by atoms with Crippen LogP contribution in [0.4, 0.5) is 11.4 Å². The number of carbonyl (C=O) groups excluding carboxylic acids is 1. The first-order valence-electron chi connectivity index (χ1n) is 10.2. The molecule has 7 heteroatoms. The van der Waals surface area contributed by atoms with Gasteiger partial charge in [0.25, 0.3) is 5.91 Å². The molecule has 0 spiro atoms. The van der Waals surface area contributed by atoms with Gasteiger partial charge in [-0.05, 0) is 67.9 Å². The highest BCUT2D eigenvalue weighted by Crippen LogP contribution is 2.19. The average molecular weight is 438 g/mol. The summed E-state index contributed by atoms with van der Waals surface area (Å²) in [7, 11) is -3.68. The monoisotopic (exact) mass is 437 g/mol. The van der Waals surface area contributed by atoms with Crippen molar-refractivity contribution in [2.24, 2.45) is 0 Å². The average Bonchev–Trinajstić information content (AvgIpc) is 2.80. The number of carbonyl (C=O) groups is 1. The summed E-state index contributed by atoms with van der Waals surface area (Å²) in [6.07, 6.45) is 0. The molecular weight excluding hydrogens is 410 g/mol. The van der Waals surface area contributed by atoms with Gasteiger partial charge >= 0.3 is 0 Å². The van der Waals surface area contributed by atoms with Crippen LogP contribution in [0, 0.1) is 0 Å². The summed E-state index contributed by atoms with van der Waals surface area (Å²) >= 11 is 0.